The van der Waals surface area contributed by atoms with Crippen molar-refractivity contribution >= 4 is 38.5 Å². The van der Waals surface area contributed by atoms with Crippen molar-refractivity contribution in [2.24, 2.45) is 0 Å². The number of benzene rings is 1. The average molecular weight is 290 g/mol. The maximum Gasteiger partial charge on any atom is 0.346 e. The van der Waals surface area contributed by atoms with Gasteiger partial charge in [0.05, 0.1) is 11.6 Å². The van der Waals surface area contributed by atoms with Crippen LogP contribution in [0, 0.1) is 0 Å². The van der Waals surface area contributed by atoms with Crippen molar-refractivity contribution in [1.29, 1.82) is 0 Å². The molecule has 0 radical (unpaired) electrons. The fraction of sp³-hybridized carbons (Fsp3) is 0.182. The molecule has 0 spiro atoms. The van der Waals surface area contributed by atoms with E-state index < -0.39 is 5.97 Å². The van der Waals surface area contributed by atoms with E-state index in [9.17, 15) is 4.79 Å². The largest absolute Gasteiger partial charge is 0.462 e. The van der Waals surface area contributed by atoms with Crippen LogP contribution >= 0.6 is 27.5 Å². The van der Waals surface area contributed by atoms with E-state index in [0.29, 0.717) is 11.6 Å². The number of ether oxygens (including phenoxy) is 1. The Hall–Kier alpha value is -0.800. The van der Waals surface area contributed by atoms with Gasteiger partial charge in [-0.3, -0.25) is 0 Å². The Morgan fingerprint density at radius 1 is 1.40 bits per heavy atom. The highest BCUT2D eigenvalue weighted by Crippen LogP contribution is 2.27. The molecule has 0 saturated heterocycles. The summed E-state index contributed by atoms with van der Waals surface area (Å²) in [6.07, 6.45) is 0. The topological polar surface area (TPSA) is 26.3 Å². The number of carbonyl (C=O) groups is 1. The molecule has 2 nitrogen and oxygen atoms in total. The van der Waals surface area contributed by atoms with Gasteiger partial charge in [-0.2, -0.15) is 0 Å². The van der Waals surface area contributed by atoms with E-state index in [1.807, 2.05) is 30.3 Å². The van der Waals surface area contributed by atoms with Crippen LogP contribution in [0.15, 0.2) is 34.8 Å². The Bertz CT molecular complexity index is 373. The normalized spacial score (nSPS) is 11.9. The van der Waals surface area contributed by atoms with Crippen LogP contribution in [0.3, 0.4) is 0 Å². The van der Waals surface area contributed by atoms with Crippen LogP contribution in [0.2, 0.25) is 0 Å². The molecule has 80 valence electrons. The number of halogens is 2. The lowest BCUT2D eigenvalue weighted by atomic mass is 10.2. The standard InChI is InChI=1S/C11H10BrClO2/c1-2-15-11(14)9(12)10(13)8-6-4-3-5-7-8/h3-7H,2H2,1H3/b10-9+. The van der Waals surface area contributed by atoms with Crippen LogP contribution in [0.25, 0.3) is 5.03 Å². The molecule has 0 saturated carbocycles. The third kappa shape index (κ3) is 3.36. The molecule has 1 aromatic rings. The number of carbonyl (C=O) groups excluding carboxylic acids is 1. The molecule has 1 rings (SSSR count). The smallest absolute Gasteiger partial charge is 0.346 e. The highest BCUT2D eigenvalue weighted by atomic mass is 79.9. The van der Waals surface area contributed by atoms with Gasteiger partial charge in [0.25, 0.3) is 0 Å². The number of rotatable bonds is 3. The summed E-state index contributed by atoms with van der Waals surface area (Å²) >= 11 is 9.14. The molecule has 15 heavy (non-hydrogen) atoms. The fourth-order valence-electron chi connectivity index (χ4n) is 0.995. The molecule has 0 aliphatic heterocycles. The number of hydrogen-bond donors (Lipinski definition) is 0. The first-order chi connectivity index (χ1) is 7.16. The Morgan fingerprint density at radius 3 is 2.53 bits per heavy atom. The van der Waals surface area contributed by atoms with E-state index in [2.05, 4.69) is 15.9 Å². The number of hydrogen-bond acceptors (Lipinski definition) is 2. The zero-order valence-electron chi connectivity index (χ0n) is 8.17. The van der Waals surface area contributed by atoms with Crippen molar-refractivity contribution in [2.45, 2.75) is 6.92 Å². The molecule has 4 heteroatoms. The molecule has 0 aromatic heterocycles. The summed E-state index contributed by atoms with van der Waals surface area (Å²) in [4.78, 5) is 11.3. The van der Waals surface area contributed by atoms with Gasteiger partial charge in [-0.25, -0.2) is 4.79 Å². The zero-order chi connectivity index (χ0) is 11.3. The predicted molar refractivity (Wildman–Crippen MR) is 64.8 cm³/mol. The van der Waals surface area contributed by atoms with Crippen LogP contribution in [0.1, 0.15) is 12.5 Å². The van der Waals surface area contributed by atoms with Crippen LogP contribution in [-0.2, 0) is 9.53 Å². The summed E-state index contributed by atoms with van der Waals surface area (Å²) in [7, 11) is 0. The van der Waals surface area contributed by atoms with E-state index in [1.165, 1.54) is 0 Å². The fourth-order valence-corrected chi connectivity index (χ4v) is 1.54. The van der Waals surface area contributed by atoms with E-state index in [1.54, 1.807) is 6.92 Å². The summed E-state index contributed by atoms with van der Waals surface area (Å²) in [6, 6.07) is 9.23. The van der Waals surface area contributed by atoms with Crippen molar-refractivity contribution < 1.29 is 9.53 Å². The molecule has 0 aliphatic rings. The van der Waals surface area contributed by atoms with Crippen LogP contribution in [0.4, 0.5) is 0 Å². The Labute approximate surface area is 102 Å². The minimum absolute atomic E-state index is 0.247. The van der Waals surface area contributed by atoms with E-state index >= 15 is 0 Å². The first-order valence-electron chi connectivity index (χ1n) is 4.44. The molecule has 0 N–H and O–H groups in total. The molecule has 0 aliphatic carbocycles. The molecule has 0 bridgehead atoms. The summed E-state index contributed by atoms with van der Waals surface area (Å²) < 4.78 is 5.07. The van der Waals surface area contributed by atoms with E-state index in [-0.39, 0.29) is 4.48 Å². The first-order valence-corrected chi connectivity index (χ1v) is 5.61. The second kappa shape index (κ2) is 5.93. The minimum Gasteiger partial charge on any atom is -0.462 e. The highest BCUT2D eigenvalue weighted by molar-refractivity contribution is 9.12. The Morgan fingerprint density at radius 2 is 2.00 bits per heavy atom. The predicted octanol–water partition coefficient (Wildman–Crippen LogP) is 3.55. The molecule has 0 atom stereocenters. The van der Waals surface area contributed by atoms with Gasteiger partial charge in [0.1, 0.15) is 4.48 Å². The van der Waals surface area contributed by atoms with E-state index in [4.69, 9.17) is 16.3 Å². The van der Waals surface area contributed by atoms with Crippen molar-refractivity contribution in [3.63, 3.8) is 0 Å². The quantitative estimate of drug-likeness (QED) is 0.628. The molecule has 1 aromatic carbocycles. The third-order valence-corrected chi connectivity index (χ3v) is 3.03. The van der Waals surface area contributed by atoms with Crippen molar-refractivity contribution in [3.05, 3.63) is 40.4 Å². The summed E-state index contributed by atoms with van der Waals surface area (Å²) in [5.41, 5.74) is 0.777. The second-order valence-corrected chi connectivity index (χ2v) is 3.89. The minimum atomic E-state index is -0.452. The maximum atomic E-state index is 11.3. The SMILES string of the molecule is CCOC(=O)/C(Br)=C(\Cl)c1ccccc1. The van der Waals surface area contributed by atoms with Crippen LogP contribution in [0.5, 0.6) is 0 Å². The van der Waals surface area contributed by atoms with Crippen molar-refractivity contribution in [2.75, 3.05) is 6.61 Å². The van der Waals surface area contributed by atoms with Crippen molar-refractivity contribution in [3.8, 4) is 0 Å². The Kier molecular flexibility index (Phi) is 4.85. The molecule has 0 unspecified atom stereocenters. The molecular weight excluding hydrogens is 279 g/mol. The molecule has 0 fully saturated rings. The van der Waals surface area contributed by atoms with Crippen LogP contribution in [-0.4, -0.2) is 12.6 Å². The van der Waals surface area contributed by atoms with Gasteiger partial charge in [-0.05, 0) is 28.4 Å². The average Bonchev–Trinajstić information content (AvgIpc) is 2.28. The Balaban J connectivity index is 2.95. The van der Waals surface area contributed by atoms with Gasteiger partial charge < -0.3 is 4.74 Å². The van der Waals surface area contributed by atoms with E-state index in [0.717, 1.165) is 5.56 Å². The lowest BCUT2D eigenvalue weighted by Crippen LogP contribution is -2.04. The van der Waals surface area contributed by atoms with Gasteiger partial charge in [-0.1, -0.05) is 41.9 Å². The van der Waals surface area contributed by atoms with Crippen LogP contribution < -0.4 is 0 Å². The van der Waals surface area contributed by atoms with Gasteiger partial charge in [0, 0.05) is 0 Å². The van der Waals surface area contributed by atoms with Gasteiger partial charge in [0.2, 0.25) is 0 Å². The maximum absolute atomic E-state index is 11.3. The number of esters is 1. The molecular formula is C11H10BrClO2. The summed E-state index contributed by atoms with van der Waals surface area (Å²) in [5.74, 6) is -0.452. The summed E-state index contributed by atoms with van der Waals surface area (Å²) in [5, 5.41) is 0.356. The lowest BCUT2D eigenvalue weighted by Gasteiger charge is -2.03. The van der Waals surface area contributed by atoms with Gasteiger partial charge >= 0.3 is 5.97 Å². The lowest BCUT2D eigenvalue weighted by molar-refractivity contribution is -0.137. The third-order valence-electron chi connectivity index (χ3n) is 1.67. The monoisotopic (exact) mass is 288 g/mol. The zero-order valence-corrected chi connectivity index (χ0v) is 10.5. The molecule has 0 amide bonds. The van der Waals surface area contributed by atoms with Crippen molar-refractivity contribution in [1.82, 2.24) is 0 Å². The second-order valence-electron chi connectivity index (χ2n) is 2.71. The first kappa shape index (κ1) is 12.3. The summed E-state index contributed by atoms with van der Waals surface area (Å²) in [6.45, 7) is 2.07. The molecule has 0 heterocycles. The van der Waals surface area contributed by atoms with Gasteiger partial charge in [-0.15, -0.1) is 0 Å². The highest BCUT2D eigenvalue weighted by Gasteiger charge is 2.13. The van der Waals surface area contributed by atoms with Gasteiger partial charge in [0.15, 0.2) is 0 Å².